The van der Waals surface area contributed by atoms with E-state index >= 15 is 0 Å². The molecular weight excluding hydrogens is 244 g/mol. The van der Waals surface area contributed by atoms with E-state index in [1.165, 1.54) is 4.52 Å². The van der Waals surface area contributed by atoms with Gasteiger partial charge in [-0.25, -0.2) is 9.67 Å². The zero-order valence-electron chi connectivity index (χ0n) is 10.2. The SMILES string of the molecule is CCn1ncc2c3[nH]c4ccnn4c(=O)c3cnc21. The molecule has 0 atom stereocenters. The lowest BCUT2D eigenvalue weighted by Crippen LogP contribution is -2.15. The van der Waals surface area contributed by atoms with Gasteiger partial charge < -0.3 is 4.98 Å². The van der Waals surface area contributed by atoms with Crippen LogP contribution in [0.3, 0.4) is 0 Å². The molecule has 0 saturated carbocycles. The van der Waals surface area contributed by atoms with Crippen molar-refractivity contribution in [1.82, 2.24) is 29.4 Å². The Morgan fingerprint density at radius 3 is 3.00 bits per heavy atom. The molecule has 4 heterocycles. The second-order valence-corrected chi connectivity index (χ2v) is 4.30. The summed E-state index contributed by atoms with van der Waals surface area (Å²) in [7, 11) is 0. The van der Waals surface area contributed by atoms with Crippen LogP contribution in [0.25, 0.3) is 27.6 Å². The molecule has 4 aromatic rings. The minimum absolute atomic E-state index is 0.174. The number of hydrogen-bond donors (Lipinski definition) is 1. The van der Waals surface area contributed by atoms with E-state index < -0.39 is 0 Å². The Hall–Kier alpha value is -2.70. The third-order valence-electron chi connectivity index (χ3n) is 3.28. The molecule has 7 nitrogen and oxygen atoms in total. The molecule has 7 heteroatoms. The van der Waals surface area contributed by atoms with Crippen molar-refractivity contribution in [1.29, 1.82) is 0 Å². The number of nitrogens with zero attached hydrogens (tertiary/aromatic N) is 5. The van der Waals surface area contributed by atoms with Gasteiger partial charge >= 0.3 is 0 Å². The number of pyridine rings is 1. The van der Waals surface area contributed by atoms with Gasteiger partial charge in [-0.2, -0.15) is 14.7 Å². The minimum Gasteiger partial charge on any atom is -0.339 e. The number of aromatic amines is 1. The number of nitrogens with one attached hydrogen (secondary N) is 1. The Morgan fingerprint density at radius 1 is 1.26 bits per heavy atom. The summed E-state index contributed by atoms with van der Waals surface area (Å²) in [5.41, 5.74) is 2.01. The Kier molecular flexibility index (Phi) is 1.84. The Labute approximate surface area is 106 Å². The molecule has 0 amide bonds. The zero-order valence-corrected chi connectivity index (χ0v) is 10.2. The fourth-order valence-corrected chi connectivity index (χ4v) is 2.36. The van der Waals surface area contributed by atoms with E-state index in [1.807, 2.05) is 6.92 Å². The number of fused-ring (bicyclic) bond motifs is 4. The molecule has 0 spiro atoms. The standard InChI is InChI=1S/C12H10N6O/c1-2-17-11-7(6-15-17)10-8(5-13-11)12(19)18-9(16-10)3-4-14-18/h3-6,16H,2H2,1H3. The van der Waals surface area contributed by atoms with Gasteiger partial charge in [-0.15, -0.1) is 0 Å². The molecule has 0 radical (unpaired) electrons. The van der Waals surface area contributed by atoms with Gasteiger partial charge in [0.05, 0.1) is 28.7 Å². The Morgan fingerprint density at radius 2 is 2.16 bits per heavy atom. The summed E-state index contributed by atoms with van der Waals surface area (Å²) < 4.78 is 3.13. The third-order valence-corrected chi connectivity index (χ3v) is 3.28. The quantitative estimate of drug-likeness (QED) is 0.548. The molecule has 0 aromatic carbocycles. The molecule has 0 aliphatic heterocycles. The van der Waals surface area contributed by atoms with Gasteiger partial charge in [0, 0.05) is 18.8 Å². The lowest BCUT2D eigenvalue weighted by molar-refractivity contribution is 0.677. The summed E-state index contributed by atoms with van der Waals surface area (Å²) in [5.74, 6) is 0. The second kappa shape index (κ2) is 3.41. The van der Waals surface area contributed by atoms with Gasteiger partial charge in [0.2, 0.25) is 0 Å². The molecule has 0 saturated heterocycles. The van der Waals surface area contributed by atoms with Crippen molar-refractivity contribution in [2.24, 2.45) is 0 Å². The van der Waals surface area contributed by atoms with Crippen molar-refractivity contribution < 1.29 is 0 Å². The van der Waals surface area contributed by atoms with E-state index in [1.54, 1.807) is 29.3 Å². The van der Waals surface area contributed by atoms with Gasteiger partial charge in [0.15, 0.2) is 5.65 Å². The highest BCUT2D eigenvalue weighted by atomic mass is 16.1. The summed E-state index contributed by atoms with van der Waals surface area (Å²) in [6.45, 7) is 2.74. The average molecular weight is 254 g/mol. The van der Waals surface area contributed by atoms with Gasteiger partial charge in [-0.1, -0.05) is 0 Å². The maximum absolute atomic E-state index is 12.3. The number of hydrogen-bond acceptors (Lipinski definition) is 4. The normalized spacial score (nSPS) is 11.8. The van der Waals surface area contributed by atoms with E-state index in [9.17, 15) is 4.79 Å². The van der Waals surface area contributed by atoms with Crippen molar-refractivity contribution in [2.75, 3.05) is 0 Å². The molecule has 19 heavy (non-hydrogen) atoms. The summed E-state index contributed by atoms with van der Waals surface area (Å²) in [6, 6.07) is 1.76. The van der Waals surface area contributed by atoms with Crippen LogP contribution in [0.2, 0.25) is 0 Å². The Balaban J connectivity index is 2.30. The maximum Gasteiger partial charge on any atom is 0.283 e. The molecule has 4 rings (SSSR count). The van der Waals surface area contributed by atoms with Gasteiger partial charge in [0.25, 0.3) is 5.56 Å². The molecule has 4 aromatic heterocycles. The van der Waals surface area contributed by atoms with E-state index in [0.717, 1.165) is 23.1 Å². The van der Waals surface area contributed by atoms with Crippen LogP contribution in [-0.2, 0) is 6.54 Å². The summed E-state index contributed by atoms with van der Waals surface area (Å²) in [5, 5.41) is 9.63. The summed E-state index contributed by atoms with van der Waals surface area (Å²) in [4.78, 5) is 19.8. The average Bonchev–Trinajstić information content (AvgIpc) is 3.04. The van der Waals surface area contributed by atoms with E-state index in [0.29, 0.717) is 11.0 Å². The lowest BCUT2D eigenvalue weighted by atomic mass is 10.2. The van der Waals surface area contributed by atoms with Crippen molar-refractivity contribution in [3.8, 4) is 0 Å². The smallest absolute Gasteiger partial charge is 0.283 e. The monoisotopic (exact) mass is 254 g/mol. The number of aromatic nitrogens is 6. The first-order valence-electron chi connectivity index (χ1n) is 6.00. The van der Waals surface area contributed by atoms with Crippen LogP contribution in [0, 0.1) is 0 Å². The van der Waals surface area contributed by atoms with Crippen LogP contribution >= 0.6 is 0 Å². The van der Waals surface area contributed by atoms with E-state index in [2.05, 4.69) is 20.2 Å². The first-order chi connectivity index (χ1) is 9.29. The molecule has 0 aliphatic rings. The molecule has 0 aliphatic carbocycles. The van der Waals surface area contributed by atoms with Crippen LogP contribution in [0.1, 0.15) is 6.92 Å². The molecule has 1 N–H and O–H groups in total. The third kappa shape index (κ3) is 1.21. The summed E-state index contributed by atoms with van der Waals surface area (Å²) >= 11 is 0. The van der Waals surface area contributed by atoms with E-state index in [-0.39, 0.29) is 5.56 Å². The molecule has 0 fully saturated rings. The number of rotatable bonds is 1. The topological polar surface area (TPSA) is 80.9 Å². The fourth-order valence-electron chi connectivity index (χ4n) is 2.36. The highest BCUT2D eigenvalue weighted by Gasteiger charge is 2.12. The highest BCUT2D eigenvalue weighted by Crippen LogP contribution is 2.19. The zero-order chi connectivity index (χ0) is 13.0. The molecule has 0 unspecified atom stereocenters. The van der Waals surface area contributed by atoms with Gasteiger partial charge in [-0.3, -0.25) is 4.79 Å². The molecule has 0 bridgehead atoms. The fraction of sp³-hybridized carbons (Fsp3) is 0.167. The molecule has 94 valence electrons. The number of H-pyrrole nitrogens is 1. The van der Waals surface area contributed by atoms with Crippen LogP contribution in [-0.4, -0.2) is 29.4 Å². The second-order valence-electron chi connectivity index (χ2n) is 4.30. The molecular formula is C12H10N6O. The van der Waals surface area contributed by atoms with E-state index in [4.69, 9.17) is 0 Å². The first kappa shape index (κ1) is 10.2. The van der Waals surface area contributed by atoms with Crippen LogP contribution in [0.15, 0.2) is 29.5 Å². The number of aryl methyl sites for hydroxylation is 1. The van der Waals surface area contributed by atoms with Crippen molar-refractivity contribution in [2.45, 2.75) is 13.5 Å². The predicted octanol–water partition coefficient (Wildman–Crippen LogP) is 0.940. The minimum atomic E-state index is -0.174. The maximum atomic E-state index is 12.3. The Bertz CT molecular complexity index is 976. The van der Waals surface area contributed by atoms with Crippen molar-refractivity contribution in [3.63, 3.8) is 0 Å². The lowest BCUT2D eigenvalue weighted by Gasteiger charge is -2.02. The highest BCUT2D eigenvalue weighted by molar-refractivity contribution is 6.01. The van der Waals surface area contributed by atoms with Crippen molar-refractivity contribution >= 4 is 27.6 Å². The van der Waals surface area contributed by atoms with Crippen molar-refractivity contribution in [3.05, 3.63) is 35.0 Å². The largest absolute Gasteiger partial charge is 0.339 e. The van der Waals surface area contributed by atoms with Crippen LogP contribution < -0.4 is 5.56 Å². The van der Waals surface area contributed by atoms with Crippen LogP contribution in [0.4, 0.5) is 0 Å². The van der Waals surface area contributed by atoms with Gasteiger partial charge in [0.1, 0.15) is 5.65 Å². The first-order valence-corrected chi connectivity index (χ1v) is 6.00. The summed E-state index contributed by atoms with van der Waals surface area (Å²) in [6.07, 6.45) is 4.90. The van der Waals surface area contributed by atoms with Crippen LogP contribution in [0.5, 0.6) is 0 Å². The van der Waals surface area contributed by atoms with Gasteiger partial charge in [-0.05, 0) is 6.92 Å². The predicted molar refractivity (Wildman–Crippen MR) is 70.1 cm³/mol.